The number of rotatable bonds is 3. The quantitative estimate of drug-likeness (QED) is 0.825. The van der Waals surface area contributed by atoms with Gasteiger partial charge in [-0.05, 0) is 30.8 Å². The molecule has 0 radical (unpaired) electrons. The van der Waals surface area contributed by atoms with Gasteiger partial charge < -0.3 is 10.3 Å². The third-order valence-electron chi connectivity index (χ3n) is 2.19. The normalized spacial score (nSPS) is 10.5. The largest absolute Gasteiger partial charge is 0.330 e. The summed E-state index contributed by atoms with van der Waals surface area (Å²) in [5.41, 5.74) is 6.38. The van der Waals surface area contributed by atoms with Crippen LogP contribution in [0.4, 0.5) is 4.39 Å². The van der Waals surface area contributed by atoms with Gasteiger partial charge in [-0.15, -0.1) is 0 Å². The van der Waals surface area contributed by atoms with Crippen LogP contribution in [0.25, 0.3) is 5.69 Å². The Balaban J connectivity index is 2.36. The number of nitrogens with zero attached hydrogens (tertiary/aromatic N) is 2. The second-order valence-electron chi connectivity index (χ2n) is 3.23. The van der Waals surface area contributed by atoms with E-state index in [1.165, 1.54) is 12.1 Å². The Kier molecular flexibility index (Phi) is 2.78. The molecule has 0 spiro atoms. The first-order chi connectivity index (χ1) is 7.31. The third-order valence-corrected chi connectivity index (χ3v) is 2.19. The average molecular weight is 205 g/mol. The van der Waals surface area contributed by atoms with Crippen LogP contribution >= 0.6 is 0 Å². The van der Waals surface area contributed by atoms with Crippen LogP contribution < -0.4 is 5.73 Å². The molecule has 0 unspecified atom stereocenters. The zero-order valence-corrected chi connectivity index (χ0v) is 8.23. The topological polar surface area (TPSA) is 43.8 Å². The summed E-state index contributed by atoms with van der Waals surface area (Å²) in [6.45, 7) is 0.554. The Bertz CT molecular complexity index is 433. The first kappa shape index (κ1) is 9.86. The molecule has 15 heavy (non-hydrogen) atoms. The Morgan fingerprint density at radius 3 is 2.67 bits per heavy atom. The molecule has 2 N–H and O–H groups in total. The van der Waals surface area contributed by atoms with Crippen LogP contribution in [-0.4, -0.2) is 16.1 Å². The fourth-order valence-electron chi connectivity index (χ4n) is 1.49. The highest BCUT2D eigenvalue weighted by atomic mass is 19.1. The van der Waals surface area contributed by atoms with Gasteiger partial charge in [0.1, 0.15) is 11.6 Å². The van der Waals surface area contributed by atoms with E-state index in [2.05, 4.69) is 4.98 Å². The smallest absolute Gasteiger partial charge is 0.123 e. The fourth-order valence-corrected chi connectivity index (χ4v) is 1.49. The maximum Gasteiger partial charge on any atom is 0.123 e. The maximum atomic E-state index is 12.7. The summed E-state index contributed by atoms with van der Waals surface area (Å²) in [6.07, 6.45) is 4.27. The molecule has 2 rings (SSSR count). The third kappa shape index (κ3) is 2.05. The molecule has 0 bridgehead atoms. The van der Waals surface area contributed by atoms with Gasteiger partial charge in [-0.3, -0.25) is 0 Å². The highest BCUT2D eigenvalue weighted by molar-refractivity contribution is 5.33. The lowest BCUT2D eigenvalue weighted by Crippen LogP contribution is -2.08. The molecule has 1 aromatic carbocycles. The predicted molar refractivity (Wildman–Crippen MR) is 56.3 cm³/mol. The Hall–Kier alpha value is -1.68. The van der Waals surface area contributed by atoms with Crippen LogP contribution in [0.3, 0.4) is 0 Å². The van der Waals surface area contributed by atoms with Crippen molar-refractivity contribution in [3.8, 4) is 5.69 Å². The standard InChI is InChI=1S/C11H12FN3/c12-9-1-3-10(4-2-9)15-8-7-14-11(15)5-6-13/h1-4,7-8H,5-6,13H2. The van der Waals surface area contributed by atoms with Crippen LogP contribution in [0.2, 0.25) is 0 Å². The highest BCUT2D eigenvalue weighted by Crippen LogP contribution is 2.11. The van der Waals surface area contributed by atoms with E-state index in [9.17, 15) is 4.39 Å². The van der Waals surface area contributed by atoms with Gasteiger partial charge in [0.25, 0.3) is 0 Å². The average Bonchev–Trinajstić information content (AvgIpc) is 2.68. The monoisotopic (exact) mass is 205 g/mol. The van der Waals surface area contributed by atoms with E-state index in [4.69, 9.17) is 5.73 Å². The van der Waals surface area contributed by atoms with Gasteiger partial charge in [0.15, 0.2) is 0 Å². The molecule has 78 valence electrons. The van der Waals surface area contributed by atoms with E-state index in [0.717, 1.165) is 11.5 Å². The summed E-state index contributed by atoms with van der Waals surface area (Å²) in [4.78, 5) is 4.19. The van der Waals surface area contributed by atoms with E-state index in [-0.39, 0.29) is 5.82 Å². The van der Waals surface area contributed by atoms with Gasteiger partial charge in [-0.25, -0.2) is 9.37 Å². The second kappa shape index (κ2) is 4.23. The molecule has 0 aliphatic rings. The molecule has 0 aliphatic heterocycles. The van der Waals surface area contributed by atoms with Gasteiger partial charge in [0.05, 0.1) is 0 Å². The van der Waals surface area contributed by atoms with Crippen molar-refractivity contribution in [3.05, 3.63) is 48.3 Å². The molecule has 0 aliphatic carbocycles. The van der Waals surface area contributed by atoms with Crippen molar-refractivity contribution in [1.82, 2.24) is 9.55 Å². The zero-order chi connectivity index (χ0) is 10.7. The lowest BCUT2D eigenvalue weighted by molar-refractivity contribution is 0.627. The maximum absolute atomic E-state index is 12.7. The van der Waals surface area contributed by atoms with E-state index >= 15 is 0 Å². The summed E-state index contributed by atoms with van der Waals surface area (Å²) < 4.78 is 14.6. The molecule has 2 aromatic rings. The number of halogens is 1. The zero-order valence-electron chi connectivity index (χ0n) is 8.23. The van der Waals surface area contributed by atoms with E-state index < -0.39 is 0 Å². The minimum absolute atomic E-state index is 0.237. The molecule has 0 amide bonds. The molecule has 0 saturated heterocycles. The van der Waals surface area contributed by atoms with Crippen LogP contribution in [0.15, 0.2) is 36.7 Å². The van der Waals surface area contributed by atoms with Crippen molar-refractivity contribution in [2.24, 2.45) is 5.73 Å². The van der Waals surface area contributed by atoms with Crippen LogP contribution in [-0.2, 0) is 6.42 Å². The minimum atomic E-state index is -0.237. The summed E-state index contributed by atoms with van der Waals surface area (Å²) in [7, 11) is 0. The Labute approximate surface area is 87.4 Å². The number of benzene rings is 1. The summed E-state index contributed by atoms with van der Waals surface area (Å²) in [5, 5.41) is 0. The molecule has 1 aromatic heterocycles. The highest BCUT2D eigenvalue weighted by Gasteiger charge is 2.03. The summed E-state index contributed by atoms with van der Waals surface area (Å²) in [5.74, 6) is 0.656. The number of hydrogen-bond acceptors (Lipinski definition) is 2. The van der Waals surface area contributed by atoms with E-state index in [0.29, 0.717) is 13.0 Å². The van der Waals surface area contributed by atoms with Crippen LogP contribution in [0.5, 0.6) is 0 Å². The summed E-state index contributed by atoms with van der Waals surface area (Å²) in [6, 6.07) is 6.30. The van der Waals surface area contributed by atoms with Gasteiger partial charge >= 0.3 is 0 Å². The molecular formula is C11H12FN3. The fraction of sp³-hybridized carbons (Fsp3) is 0.182. The van der Waals surface area contributed by atoms with E-state index in [1.807, 2.05) is 10.8 Å². The molecule has 0 atom stereocenters. The minimum Gasteiger partial charge on any atom is -0.330 e. The van der Waals surface area contributed by atoms with Crippen LogP contribution in [0, 0.1) is 5.82 Å². The van der Waals surface area contributed by atoms with Gasteiger partial charge in [0.2, 0.25) is 0 Å². The van der Waals surface area contributed by atoms with E-state index in [1.54, 1.807) is 18.3 Å². The second-order valence-corrected chi connectivity index (χ2v) is 3.23. The van der Waals surface area contributed by atoms with Crippen molar-refractivity contribution >= 4 is 0 Å². The van der Waals surface area contributed by atoms with Gasteiger partial charge in [-0.1, -0.05) is 0 Å². The lowest BCUT2D eigenvalue weighted by Gasteiger charge is -2.06. The van der Waals surface area contributed by atoms with Crippen molar-refractivity contribution in [1.29, 1.82) is 0 Å². The van der Waals surface area contributed by atoms with Crippen LogP contribution in [0.1, 0.15) is 5.82 Å². The Morgan fingerprint density at radius 1 is 1.27 bits per heavy atom. The molecule has 4 heteroatoms. The molecule has 0 fully saturated rings. The molecule has 1 heterocycles. The predicted octanol–water partition coefficient (Wildman–Crippen LogP) is 1.51. The number of nitrogens with two attached hydrogens (primary N) is 1. The van der Waals surface area contributed by atoms with Crippen molar-refractivity contribution in [2.75, 3.05) is 6.54 Å². The number of hydrogen-bond donors (Lipinski definition) is 1. The lowest BCUT2D eigenvalue weighted by atomic mass is 10.3. The van der Waals surface area contributed by atoms with Crippen molar-refractivity contribution in [3.63, 3.8) is 0 Å². The molecule has 0 saturated carbocycles. The number of imidazole rings is 1. The first-order valence-electron chi connectivity index (χ1n) is 4.79. The van der Waals surface area contributed by atoms with Gasteiger partial charge in [0, 0.05) is 24.5 Å². The van der Waals surface area contributed by atoms with Crippen molar-refractivity contribution in [2.45, 2.75) is 6.42 Å². The van der Waals surface area contributed by atoms with Crippen molar-refractivity contribution < 1.29 is 4.39 Å². The molecular weight excluding hydrogens is 193 g/mol. The Morgan fingerprint density at radius 2 is 2.00 bits per heavy atom. The molecule has 3 nitrogen and oxygen atoms in total. The SMILES string of the molecule is NCCc1nccn1-c1ccc(F)cc1. The first-order valence-corrected chi connectivity index (χ1v) is 4.79. The summed E-state index contributed by atoms with van der Waals surface area (Å²) >= 11 is 0. The van der Waals surface area contributed by atoms with Gasteiger partial charge in [-0.2, -0.15) is 0 Å². The number of aromatic nitrogens is 2.